The maximum Gasteiger partial charge on any atom is 0.223 e. The molecule has 0 aliphatic rings. The summed E-state index contributed by atoms with van der Waals surface area (Å²) in [4.78, 5) is 16.1. The Kier molecular flexibility index (Phi) is 10.9. The van der Waals surface area contributed by atoms with Crippen LogP contribution in [0.3, 0.4) is 0 Å². The van der Waals surface area contributed by atoms with Gasteiger partial charge in [0, 0.05) is 31.0 Å². The number of hydrogen-bond acceptors (Lipinski definition) is 5. The molecule has 0 unspecified atom stereocenters. The van der Waals surface area contributed by atoms with Crippen molar-refractivity contribution in [2.75, 3.05) is 33.9 Å². The lowest BCUT2D eigenvalue weighted by atomic mass is 10.1. The number of nitrogens with one attached hydrogen (secondary N) is 2. The third kappa shape index (κ3) is 8.94. The first-order valence-corrected chi connectivity index (χ1v) is 12.1. The molecule has 7 heteroatoms. The lowest BCUT2D eigenvalue weighted by molar-refractivity contribution is -0.120. The first kappa shape index (κ1) is 26.0. The number of amides is 1. The third-order valence-corrected chi connectivity index (χ3v) is 5.68. The number of hydrogen-bond donors (Lipinski definition) is 2. The van der Waals surface area contributed by atoms with Crippen LogP contribution < -0.4 is 20.1 Å². The number of aryl methyl sites for hydroxylation is 1. The topological polar surface area (TPSA) is 77.4 Å². The summed E-state index contributed by atoms with van der Waals surface area (Å²) in [6.45, 7) is 2.63. The predicted octanol–water partition coefficient (Wildman–Crippen LogP) is 4.41. The van der Waals surface area contributed by atoms with Crippen molar-refractivity contribution in [1.29, 1.82) is 0 Å². The molecule has 7 nitrogen and oxygen atoms in total. The number of rotatable bonds is 15. The Balaban J connectivity index is 1.20. The van der Waals surface area contributed by atoms with E-state index < -0.39 is 0 Å². The second-order valence-corrected chi connectivity index (χ2v) is 8.27. The molecule has 0 atom stereocenters. The number of carbonyl (C=O) groups excluding carboxylic acids is 1. The van der Waals surface area contributed by atoms with Crippen molar-refractivity contribution in [3.05, 3.63) is 78.4 Å². The van der Waals surface area contributed by atoms with Crippen molar-refractivity contribution < 1.29 is 14.3 Å². The van der Waals surface area contributed by atoms with Crippen LogP contribution in [0.4, 0.5) is 0 Å². The fourth-order valence-electron chi connectivity index (χ4n) is 3.73. The molecule has 35 heavy (non-hydrogen) atoms. The van der Waals surface area contributed by atoms with E-state index in [1.807, 2.05) is 59.3 Å². The molecular weight excluding hydrogens is 440 g/mol. The number of nitrogens with zero attached hydrogens (tertiary/aromatic N) is 2. The molecule has 1 heterocycles. The van der Waals surface area contributed by atoms with Crippen LogP contribution in [0.2, 0.25) is 0 Å². The van der Waals surface area contributed by atoms with Crippen LogP contribution in [-0.4, -0.2) is 49.3 Å². The van der Waals surface area contributed by atoms with Crippen LogP contribution in [0.5, 0.6) is 11.5 Å². The standard InChI is InChI=1S/C28H36N4O3/c1-34-26-15-12-24(21-27(26)35-2)8-6-17-29-16-3-4-18-31-28(33)9-5-7-23-10-13-25(14-11-23)32-20-19-30-22-32/h5,7,10-15,19-22,29H,3-4,6,8-9,16-18H2,1-2H3,(H,31,33)/b7-5+. The van der Waals surface area contributed by atoms with Crippen molar-refractivity contribution in [2.45, 2.75) is 32.1 Å². The number of ether oxygens (including phenoxy) is 2. The zero-order chi connectivity index (χ0) is 24.7. The molecule has 0 fully saturated rings. The van der Waals surface area contributed by atoms with E-state index in [-0.39, 0.29) is 5.91 Å². The fourth-order valence-corrected chi connectivity index (χ4v) is 3.73. The summed E-state index contributed by atoms with van der Waals surface area (Å²) in [5.74, 6) is 1.59. The Morgan fingerprint density at radius 2 is 1.74 bits per heavy atom. The molecule has 0 radical (unpaired) electrons. The van der Waals surface area contributed by atoms with Gasteiger partial charge in [0.1, 0.15) is 0 Å². The molecule has 1 aromatic heterocycles. The SMILES string of the molecule is COc1ccc(CCCNCCCCNC(=O)C/C=C/c2ccc(-n3ccnc3)cc2)cc1OC. The first-order chi connectivity index (χ1) is 17.2. The number of benzene rings is 2. The largest absolute Gasteiger partial charge is 0.493 e. The summed E-state index contributed by atoms with van der Waals surface area (Å²) in [6.07, 6.45) is 13.8. The lowest BCUT2D eigenvalue weighted by Gasteiger charge is -2.10. The average molecular weight is 477 g/mol. The highest BCUT2D eigenvalue weighted by atomic mass is 16.5. The van der Waals surface area contributed by atoms with Gasteiger partial charge in [-0.2, -0.15) is 0 Å². The van der Waals surface area contributed by atoms with Gasteiger partial charge in [-0.05, 0) is 74.2 Å². The van der Waals surface area contributed by atoms with Gasteiger partial charge < -0.3 is 24.7 Å². The summed E-state index contributed by atoms with van der Waals surface area (Å²) < 4.78 is 12.6. The molecule has 0 aliphatic heterocycles. The van der Waals surface area contributed by atoms with Crippen LogP contribution in [-0.2, 0) is 11.2 Å². The van der Waals surface area contributed by atoms with E-state index in [4.69, 9.17) is 9.47 Å². The number of aromatic nitrogens is 2. The Hall–Kier alpha value is -3.58. The molecule has 1 amide bonds. The van der Waals surface area contributed by atoms with Gasteiger partial charge in [0.2, 0.25) is 5.91 Å². The van der Waals surface area contributed by atoms with E-state index in [2.05, 4.69) is 21.7 Å². The second-order valence-electron chi connectivity index (χ2n) is 8.27. The Bertz CT molecular complexity index is 1050. The Morgan fingerprint density at radius 1 is 0.971 bits per heavy atom. The molecule has 2 N–H and O–H groups in total. The fraction of sp³-hybridized carbons (Fsp3) is 0.357. The average Bonchev–Trinajstić information content (AvgIpc) is 3.43. The molecule has 3 aromatic rings. The quantitative estimate of drug-likeness (QED) is 0.318. The van der Waals surface area contributed by atoms with E-state index in [0.29, 0.717) is 13.0 Å². The number of methoxy groups -OCH3 is 2. The van der Waals surface area contributed by atoms with Gasteiger partial charge in [-0.3, -0.25) is 4.79 Å². The minimum absolute atomic E-state index is 0.0548. The second kappa shape index (κ2) is 14.6. The Labute approximate surface area is 208 Å². The van der Waals surface area contributed by atoms with Gasteiger partial charge in [0.25, 0.3) is 0 Å². The van der Waals surface area contributed by atoms with Crippen molar-refractivity contribution in [3.8, 4) is 17.2 Å². The maximum absolute atomic E-state index is 12.0. The van der Waals surface area contributed by atoms with Gasteiger partial charge in [0.15, 0.2) is 11.5 Å². The monoisotopic (exact) mass is 476 g/mol. The van der Waals surface area contributed by atoms with E-state index in [0.717, 1.165) is 61.5 Å². The summed E-state index contributed by atoms with van der Waals surface area (Å²) in [5.41, 5.74) is 3.37. The highest BCUT2D eigenvalue weighted by Crippen LogP contribution is 2.27. The molecule has 0 spiro atoms. The summed E-state index contributed by atoms with van der Waals surface area (Å²) in [7, 11) is 3.31. The van der Waals surface area contributed by atoms with Crippen molar-refractivity contribution >= 4 is 12.0 Å². The van der Waals surface area contributed by atoms with Gasteiger partial charge in [-0.25, -0.2) is 4.98 Å². The molecular formula is C28H36N4O3. The van der Waals surface area contributed by atoms with Gasteiger partial charge >= 0.3 is 0 Å². The van der Waals surface area contributed by atoms with Gasteiger partial charge in [-0.1, -0.05) is 30.4 Å². The summed E-state index contributed by atoms with van der Waals surface area (Å²) in [6, 6.07) is 14.2. The normalized spacial score (nSPS) is 11.0. The van der Waals surface area contributed by atoms with E-state index in [1.54, 1.807) is 26.7 Å². The zero-order valence-corrected chi connectivity index (χ0v) is 20.7. The van der Waals surface area contributed by atoms with Gasteiger partial charge in [0.05, 0.1) is 20.5 Å². The minimum atomic E-state index is 0.0548. The molecule has 2 aromatic carbocycles. The summed E-state index contributed by atoms with van der Waals surface area (Å²) in [5, 5.41) is 6.47. The van der Waals surface area contributed by atoms with Crippen LogP contribution in [0.15, 0.2) is 67.3 Å². The molecule has 186 valence electrons. The third-order valence-electron chi connectivity index (χ3n) is 5.68. The van der Waals surface area contributed by atoms with Crippen molar-refractivity contribution in [2.24, 2.45) is 0 Å². The number of unbranched alkanes of at least 4 members (excludes halogenated alkanes) is 1. The maximum atomic E-state index is 12.0. The Morgan fingerprint density at radius 3 is 2.49 bits per heavy atom. The molecule has 0 saturated carbocycles. The highest BCUT2D eigenvalue weighted by Gasteiger charge is 2.04. The summed E-state index contributed by atoms with van der Waals surface area (Å²) >= 11 is 0. The number of carbonyl (C=O) groups is 1. The molecule has 3 rings (SSSR count). The van der Waals surface area contributed by atoms with E-state index >= 15 is 0 Å². The molecule has 0 saturated heterocycles. The van der Waals surface area contributed by atoms with Crippen LogP contribution in [0.25, 0.3) is 11.8 Å². The van der Waals surface area contributed by atoms with Gasteiger partial charge in [-0.15, -0.1) is 0 Å². The highest BCUT2D eigenvalue weighted by molar-refractivity contribution is 5.78. The zero-order valence-electron chi connectivity index (χ0n) is 20.7. The molecule has 0 aliphatic carbocycles. The van der Waals surface area contributed by atoms with Crippen LogP contribution >= 0.6 is 0 Å². The van der Waals surface area contributed by atoms with Crippen LogP contribution in [0.1, 0.15) is 36.8 Å². The number of imidazole rings is 1. The van der Waals surface area contributed by atoms with Crippen molar-refractivity contribution in [3.63, 3.8) is 0 Å². The molecule has 0 bridgehead atoms. The first-order valence-electron chi connectivity index (χ1n) is 12.1. The predicted molar refractivity (Wildman–Crippen MR) is 140 cm³/mol. The van der Waals surface area contributed by atoms with E-state index in [9.17, 15) is 4.79 Å². The van der Waals surface area contributed by atoms with E-state index in [1.165, 1.54) is 5.56 Å². The smallest absolute Gasteiger partial charge is 0.223 e. The lowest BCUT2D eigenvalue weighted by Crippen LogP contribution is -2.24. The van der Waals surface area contributed by atoms with Crippen LogP contribution in [0, 0.1) is 0 Å². The minimum Gasteiger partial charge on any atom is -0.493 e. The van der Waals surface area contributed by atoms with Crippen molar-refractivity contribution in [1.82, 2.24) is 20.2 Å².